The highest BCUT2D eigenvalue weighted by Gasteiger charge is 2.34. The molecule has 7 nitrogen and oxygen atoms in total. The molecular formula is C18H27N3O4. The predicted octanol–water partition coefficient (Wildman–Crippen LogP) is 2.20. The van der Waals surface area contributed by atoms with Crippen molar-refractivity contribution in [3.63, 3.8) is 0 Å². The molecule has 1 fully saturated rings. The van der Waals surface area contributed by atoms with Crippen molar-refractivity contribution in [2.45, 2.75) is 39.0 Å². The molecule has 1 saturated heterocycles. The van der Waals surface area contributed by atoms with Crippen molar-refractivity contribution in [2.24, 2.45) is 5.73 Å². The number of nitrogens with two attached hydrogens (primary N) is 1. The number of nitrogens with zero attached hydrogens (tertiary/aromatic N) is 2. The van der Waals surface area contributed by atoms with Gasteiger partial charge in [0.05, 0.1) is 6.04 Å². The minimum absolute atomic E-state index is 0.212. The largest absolute Gasteiger partial charge is 0.445 e. The van der Waals surface area contributed by atoms with E-state index >= 15 is 0 Å². The summed E-state index contributed by atoms with van der Waals surface area (Å²) >= 11 is 0. The van der Waals surface area contributed by atoms with Gasteiger partial charge in [-0.05, 0) is 26.3 Å². The van der Waals surface area contributed by atoms with Gasteiger partial charge < -0.3 is 25.0 Å². The molecule has 0 bridgehead atoms. The van der Waals surface area contributed by atoms with Gasteiger partial charge in [0, 0.05) is 26.2 Å². The van der Waals surface area contributed by atoms with Crippen LogP contribution in [0.2, 0.25) is 0 Å². The summed E-state index contributed by atoms with van der Waals surface area (Å²) in [5.41, 5.74) is 6.17. The zero-order chi connectivity index (χ0) is 18.4. The van der Waals surface area contributed by atoms with Gasteiger partial charge in [-0.1, -0.05) is 30.3 Å². The molecule has 0 saturated carbocycles. The number of benzene rings is 1. The number of ether oxygens (including phenoxy) is 2. The Morgan fingerprint density at radius 1 is 1.16 bits per heavy atom. The van der Waals surface area contributed by atoms with Gasteiger partial charge in [-0.15, -0.1) is 0 Å². The summed E-state index contributed by atoms with van der Waals surface area (Å²) in [5.74, 6) is 0. The number of hydrogen-bond acceptors (Lipinski definition) is 5. The molecule has 7 heteroatoms. The van der Waals surface area contributed by atoms with E-state index in [-0.39, 0.29) is 25.3 Å². The fourth-order valence-corrected chi connectivity index (χ4v) is 2.59. The Hall–Kier alpha value is -2.28. The average Bonchev–Trinajstić information content (AvgIpc) is 2.58. The molecule has 2 amide bonds. The van der Waals surface area contributed by atoms with E-state index in [0.717, 1.165) is 5.56 Å². The van der Waals surface area contributed by atoms with Gasteiger partial charge in [-0.2, -0.15) is 0 Å². The van der Waals surface area contributed by atoms with E-state index < -0.39 is 11.7 Å². The van der Waals surface area contributed by atoms with Gasteiger partial charge in [-0.3, -0.25) is 0 Å². The molecule has 0 radical (unpaired) electrons. The fourth-order valence-electron chi connectivity index (χ4n) is 2.59. The third-order valence-corrected chi connectivity index (χ3v) is 3.85. The molecule has 138 valence electrons. The Bertz CT molecular complexity index is 586. The second kappa shape index (κ2) is 8.20. The molecule has 0 aliphatic carbocycles. The lowest BCUT2D eigenvalue weighted by Crippen LogP contribution is -2.59. The van der Waals surface area contributed by atoms with Crippen molar-refractivity contribution >= 4 is 12.2 Å². The highest BCUT2D eigenvalue weighted by atomic mass is 16.6. The number of carbonyl (C=O) groups excluding carboxylic acids is 2. The number of rotatable bonds is 3. The van der Waals surface area contributed by atoms with E-state index in [1.165, 1.54) is 0 Å². The molecule has 25 heavy (non-hydrogen) atoms. The number of piperazine rings is 1. The zero-order valence-corrected chi connectivity index (χ0v) is 15.1. The van der Waals surface area contributed by atoms with Crippen molar-refractivity contribution < 1.29 is 19.1 Å². The van der Waals surface area contributed by atoms with Crippen molar-refractivity contribution in [3.05, 3.63) is 35.9 Å². The third-order valence-electron chi connectivity index (χ3n) is 3.85. The first-order valence-electron chi connectivity index (χ1n) is 8.45. The maximum absolute atomic E-state index is 12.4. The molecular weight excluding hydrogens is 322 g/mol. The monoisotopic (exact) mass is 349 g/mol. The molecule has 0 spiro atoms. The van der Waals surface area contributed by atoms with Crippen LogP contribution in [0.25, 0.3) is 0 Å². The van der Waals surface area contributed by atoms with Gasteiger partial charge in [0.15, 0.2) is 0 Å². The van der Waals surface area contributed by atoms with E-state index in [1.54, 1.807) is 9.80 Å². The first kappa shape index (κ1) is 19.1. The number of carbonyl (C=O) groups is 2. The lowest BCUT2D eigenvalue weighted by Gasteiger charge is -2.40. The maximum atomic E-state index is 12.4. The van der Waals surface area contributed by atoms with E-state index in [2.05, 4.69) is 0 Å². The molecule has 1 aliphatic heterocycles. The lowest BCUT2D eigenvalue weighted by molar-refractivity contribution is 0.00224. The topological polar surface area (TPSA) is 85.1 Å². The Kier molecular flexibility index (Phi) is 6.25. The second-order valence-corrected chi connectivity index (χ2v) is 7.05. The van der Waals surface area contributed by atoms with Gasteiger partial charge in [0.25, 0.3) is 0 Å². The van der Waals surface area contributed by atoms with Crippen molar-refractivity contribution in [1.29, 1.82) is 0 Å². The van der Waals surface area contributed by atoms with Gasteiger partial charge >= 0.3 is 12.2 Å². The summed E-state index contributed by atoms with van der Waals surface area (Å²) in [6, 6.07) is 9.20. The lowest BCUT2D eigenvalue weighted by atomic mass is 10.2. The SMILES string of the molecule is CC(C)(C)OC(=O)N1CCN(C(=O)OCc2ccccc2)C(CN)C1. The molecule has 0 aromatic heterocycles. The van der Waals surface area contributed by atoms with E-state index in [9.17, 15) is 9.59 Å². The first-order valence-corrected chi connectivity index (χ1v) is 8.45. The van der Waals surface area contributed by atoms with Crippen LogP contribution in [0.5, 0.6) is 0 Å². The molecule has 1 aliphatic rings. The van der Waals surface area contributed by atoms with Gasteiger partial charge in [0.2, 0.25) is 0 Å². The summed E-state index contributed by atoms with van der Waals surface area (Å²) in [7, 11) is 0. The Morgan fingerprint density at radius 3 is 2.44 bits per heavy atom. The average molecular weight is 349 g/mol. The molecule has 1 aromatic carbocycles. The minimum Gasteiger partial charge on any atom is -0.445 e. The smallest absolute Gasteiger partial charge is 0.410 e. The summed E-state index contributed by atoms with van der Waals surface area (Å²) < 4.78 is 10.8. The van der Waals surface area contributed by atoms with E-state index in [0.29, 0.717) is 19.6 Å². The van der Waals surface area contributed by atoms with Crippen LogP contribution in [0.1, 0.15) is 26.3 Å². The highest BCUT2D eigenvalue weighted by Crippen LogP contribution is 2.16. The summed E-state index contributed by atoms with van der Waals surface area (Å²) in [6.45, 7) is 7.03. The molecule has 2 rings (SSSR count). The first-order chi connectivity index (χ1) is 11.8. The molecule has 1 atom stereocenters. The standard InChI is InChI=1S/C18H27N3O4/c1-18(2,3)25-16(22)20-9-10-21(15(11-19)12-20)17(23)24-13-14-7-5-4-6-8-14/h4-8,15H,9-13,19H2,1-3H3. The van der Waals surface area contributed by atoms with Crippen LogP contribution in [-0.4, -0.2) is 59.8 Å². The minimum atomic E-state index is -0.555. The fraction of sp³-hybridized carbons (Fsp3) is 0.556. The van der Waals surface area contributed by atoms with Crippen LogP contribution in [0.3, 0.4) is 0 Å². The maximum Gasteiger partial charge on any atom is 0.410 e. The van der Waals surface area contributed by atoms with Gasteiger partial charge in [0.1, 0.15) is 12.2 Å². The van der Waals surface area contributed by atoms with Crippen LogP contribution in [-0.2, 0) is 16.1 Å². The van der Waals surface area contributed by atoms with Crippen LogP contribution in [0.4, 0.5) is 9.59 Å². The quantitative estimate of drug-likeness (QED) is 0.904. The van der Waals surface area contributed by atoms with Crippen LogP contribution < -0.4 is 5.73 Å². The van der Waals surface area contributed by atoms with E-state index in [1.807, 2.05) is 51.1 Å². The van der Waals surface area contributed by atoms with Crippen molar-refractivity contribution in [1.82, 2.24) is 9.80 Å². The van der Waals surface area contributed by atoms with Crippen molar-refractivity contribution in [3.8, 4) is 0 Å². The molecule has 1 unspecified atom stereocenters. The number of hydrogen-bond donors (Lipinski definition) is 1. The third kappa shape index (κ3) is 5.63. The molecule has 1 heterocycles. The Labute approximate surface area is 148 Å². The number of amides is 2. The summed E-state index contributed by atoms with van der Waals surface area (Å²) in [4.78, 5) is 27.7. The van der Waals surface area contributed by atoms with Crippen LogP contribution >= 0.6 is 0 Å². The van der Waals surface area contributed by atoms with E-state index in [4.69, 9.17) is 15.2 Å². The predicted molar refractivity (Wildman–Crippen MR) is 94.0 cm³/mol. The zero-order valence-electron chi connectivity index (χ0n) is 15.1. The second-order valence-electron chi connectivity index (χ2n) is 7.05. The normalized spacial score (nSPS) is 18.0. The summed E-state index contributed by atoms with van der Waals surface area (Å²) in [6.07, 6.45) is -0.800. The van der Waals surface area contributed by atoms with Crippen LogP contribution in [0, 0.1) is 0 Å². The highest BCUT2D eigenvalue weighted by molar-refractivity contribution is 5.71. The summed E-state index contributed by atoms with van der Waals surface area (Å²) in [5, 5.41) is 0. The Balaban J connectivity index is 1.90. The molecule has 1 aromatic rings. The Morgan fingerprint density at radius 2 is 1.84 bits per heavy atom. The van der Waals surface area contributed by atoms with Crippen molar-refractivity contribution in [2.75, 3.05) is 26.2 Å². The molecule has 2 N–H and O–H groups in total. The van der Waals surface area contributed by atoms with Gasteiger partial charge in [-0.25, -0.2) is 9.59 Å². The van der Waals surface area contributed by atoms with Crippen LogP contribution in [0.15, 0.2) is 30.3 Å².